The van der Waals surface area contributed by atoms with Crippen LogP contribution in [-0.4, -0.2) is 16.9 Å². The highest BCUT2D eigenvalue weighted by molar-refractivity contribution is 5.55. The molecule has 0 fully saturated rings. The van der Waals surface area contributed by atoms with Crippen molar-refractivity contribution in [2.45, 2.75) is 20.1 Å². The van der Waals surface area contributed by atoms with Crippen molar-refractivity contribution in [2.24, 2.45) is 0 Å². The molecule has 0 bridgehead atoms. The third-order valence-corrected chi connectivity index (χ3v) is 2.91. The maximum absolute atomic E-state index is 9.09. The first-order valence-electron chi connectivity index (χ1n) is 6.21. The van der Waals surface area contributed by atoms with E-state index in [-0.39, 0.29) is 11.4 Å². The van der Waals surface area contributed by atoms with E-state index in [9.17, 15) is 0 Å². The van der Waals surface area contributed by atoms with Gasteiger partial charge in [-0.3, -0.25) is 0 Å². The van der Waals surface area contributed by atoms with Crippen LogP contribution in [0.3, 0.4) is 0 Å². The molecule has 1 aromatic heterocycles. The van der Waals surface area contributed by atoms with Gasteiger partial charge in [-0.2, -0.15) is 5.26 Å². The molecular weight excluding hydrogens is 256 g/mol. The molecule has 0 unspecified atom stereocenters. The molecule has 0 aliphatic rings. The summed E-state index contributed by atoms with van der Waals surface area (Å²) in [7, 11) is 1.62. The van der Waals surface area contributed by atoms with E-state index in [1.807, 2.05) is 37.3 Å². The molecule has 6 heteroatoms. The Morgan fingerprint density at radius 1 is 1.35 bits per heavy atom. The minimum absolute atomic E-state index is 0.266. The fourth-order valence-corrected chi connectivity index (χ4v) is 1.77. The van der Waals surface area contributed by atoms with E-state index in [1.165, 1.54) is 0 Å². The summed E-state index contributed by atoms with van der Waals surface area (Å²) >= 11 is 0. The van der Waals surface area contributed by atoms with Crippen LogP contribution in [0.2, 0.25) is 0 Å². The highest BCUT2D eigenvalue weighted by Gasteiger charge is 2.15. The van der Waals surface area contributed by atoms with Crippen LogP contribution in [0.25, 0.3) is 0 Å². The lowest BCUT2D eigenvalue weighted by atomic mass is 10.2. The number of anilines is 1. The molecule has 0 amide bonds. The monoisotopic (exact) mass is 272 g/mol. The van der Waals surface area contributed by atoms with Crippen LogP contribution in [0.5, 0.6) is 11.6 Å². The molecule has 0 radical (unpaired) electrons. The molecule has 0 saturated carbocycles. The number of aromatic nitrogens is 2. The summed E-state index contributed by atoms with van der Waals surface area (Å²) < 4.78 is 12.2. The number of benzene rings is 1. The van der Waals surface area contributed by atoms with E-state index in [1.54, 1.807) is 11.8 Å². The summed E-state index contributed by atoms with van der Waals surface area (Å²) in [6.45, 7) is 2.81. The average Bonchev–Trinajstić information content (AvgIpc) is 2.81. The van der Waals surface area contributed by atoms with Gasteiger partial charge < -0.3 is 15.2 Å². The SMILES string of the molecule is CCn1nc(OCc2ccc(OC)cc2)c(C#N)c1N. The van der Waals surface area contributed by atoms with Crippen molar-refractivity contribution in [3.05, 3.63) is 35.4 Å². The summed E-state index contributed by atoms with van der Waals surface area (Å²) in [4.78, 5) is 0. The van der Waals surface area contributed by atoms with Crippen LogP contribution in [0.1, 0.15) is 18.1 Å². The zero-order chi connectivity index (χ0) is 14.5. The highest BCUT2D eigenvalue weighted by atomic mass is 16.5. The summed E-state index contributed by atoms with van der Waals surface area (Å²) in [6.07, 6.45) is 0. The Morgan fingerprint density at radius 2 is 2.05 bits per heavy atom. The second kappa shape index (κ2) is 5.97. The standard InChI is InChI=1S/C14H16N4O2/c1-3-18-13(16)12(8-15)14(17-18)20-9-10-4-6-11(19-2)7-5-10/h4-7H,3,9,16H2,1-2H3. The number of nitrogens with zero attached hydrogens (tertiary/aromatic N) is 3. The maximum atomic E-state index is 9.09. The Balaban J connectivity index is 2.12. The summed E-state index contributed by atoms with van der Waals surface area (Å²) in [6, 6.07) is 9.51. The summed E-state index contributed by atoms with van der Waals surface area (Å²) in [5.74, 6) is 1.38. The van der Waals surface area contributed by atoms with Gasteiger partial charge in [0.1, 0.15) is 24.2 Å². The molecule has 0 atom stereocenters. The topological polar surface area (TPSA) is 86.1 Å². The Bertz CT molecular complexity index is 626. The van der Waals surface area contributed by atoms with Gasteiger partial charge in [-0.15, -0.1) is 5.10 Å². The largest absolute Gasteiger partial charge is 0.497 e. The van der Waals surface area contributed by atoms with Crippen LogP contribution in [0, 0.1) is 11.3 Å². The van der Waals surface area contributed by atoms with Gasteiger partial charge in [0.15, 0.2) is 5.56 Å². The fourth-order valence-electron chi connectivity index (χ4n) is 1.77. The molecule has 2 rings (SSSR count). The molecule has 20 heavy (non-hydrogen) atoms. The van der Waals surface area contributed by atoms with Crippen molar-refractivity contribution >= 4 is 5.82 Å². The van der Waals surface area contributed by atoms with Gasteiger partial charge >= 0.3 is 0 Å². The van der Waals surface area contributed by atoms with Crippen molar-refractivity contribution in [1.29, 1.82) is 5.26 Å². The average molecular weight is 272 g/mol. The Morgan fingerprint density at radius 3 is 2.60 bits per heavy atom. The van der Waals surface area contributed by atoms with Crippen molar-refractivity contribution < 1.29 is 9.47 Å². The second-order valence-electron chi connectivity index (χ2n) is 4.13. The highest BCUT2D eigenvalue weighted by Crippen LogP contribution is 2.23. The minimum Gasteiger partial charge on any atom is -0.497 e. The van der Waals surface area contributed by atoms with Gasteiger partial charge in [-0.05, 0) is 24.6 Å². The van der Waals surface area contributed by atoms with E-state index in [0.717, 1.165) is 11.3 Å². The summed E-state index contributed by atoms with van der Waals surface area (Å²) in [5.41, 5.74) is 7.05. The molecule has 0 aliphatic heterocycles. The number of hydrogen-bond acceptors (Lipinski definition) is 5. The first-order chi connectivity index (χ1) is 9.69. The van der Waals surface area contributed by atoms with Crippen LogP contribution >= 0.6 is 0 Å². The third kappa shape index (κ3) is 2.67. The smallest absolute Gasteiger partial charge is 0.253 e. The second-order valence-corrected chi connectivity index (χ2v) is 4.13. The lowest BCUT2D eigenvalue weighted by Gasteiger charge is -2.04. The van der Waals surface area contributed by atoms with Gasteiger partial charge in [0.2, 0.25) is 0 Å². The number of nitrogen functional groups attached to an aromatic ring is 1. The number of nitriles is 1. The molecule has 1 aromatic carbocycles. The third-order valence-electron chi connectivity index (χ3n) is 2.91. The van der Waals surface area contributed by atoms with E-state index in [4.69, 9.17) is 20.5 Å². The number of rotatable bonds is 5. The first-order valence-corrected chi connectivity index (χ1v) is 6.21. The quantitative estimate of drug-likeness (QED) is 0.899. The van der Waals surface area contributed by atoms with E-state index < -0.39 is 0 Å². The Hall–Kier alpha value is -2.68. The number of nitrogens with two attached hydrogens (primary N) is 1. The van der Waals surface area contributed by atoms with Gasteiger partial charge in [0.25, 0.3) is 5.88 Å². The van der Waals surface area contributed by atoms with E-state index in [0.29, 0.717) is 19.0 Å². The molecule has 2 N–H and O–H groups in total. The number of ether oxygens (including phenoxy) is 2. The normalized spacial score (nSPS) is 10.1. The van der Waals surface area contributed by atoms with Crippen molar-refractivity contribution in [3.8, 4) is 17.7 Å². The fraction of sp³-hybridized carbons (Fsp3) is 0.286. The van der Waals surface area contributed by atoms with Gasteiger partial charge in [-0.1, -0.05) is 12.1 Å². The molecule has 0 aliphatic carbocycles. The Kier molecular flexibility index (Phi) is 4.11. The molecule has 6 nitrogen and oxygen atoms in total. The number of methoxy groups -OCH3 is 1. The molecule has 104 valence electrons. The molecule has 1 heterocycles. The van der Waals surface area contributed by atoms with Gasteiger partial charge in [-0.25, -0.2) is 4.68 Å². The van der Waals surface area contributed by atoms with Crippen LogP contribution in [0.4, 0.5) is 5.82 Å². The van der Waals surface area contributed by atoms with Crippen LogP contribution < -0.4 is 15.2 Å². The van der Waals surface area contributed by atoms with Gasteiger partial charge in [0.05, 0.1) is 7.11 Å². The van der Waals surface area contributed by atoms with E-state index >= 15 is 0 Å². The maximum Gasteiger partial charge on any atom is 0.253 e. The minimum atomic E-state index is 0.266. The Labute approximate surface area is 117 Å². The van der Waals surface area contributed by atoms with Crippen LogP contribution in [-0.2, 0) is 13.2 Å². The van der Waals surface area contributed by atoms with Crippen molar-refractivity contribution in [2.75, 3.05) is 12.8 Å². The number of hydrogen-bond donors (Lipinski definition) is 1. The molecule has 2 aromatic rings. The zero-order valence-corrected chi connectivity index (χ0v) is 11.5. The van der Waals surface area contributed by atoms with Crippen LogP contribution in [0.15, 0.2) is 24.3 Å². The summed E-state index contributed by atoms with van der Waals surface area (Å²) in [5, 5.41) is 13.3. The molecular formula is C14H16N4O2. The predicted molar refractivity (Wildman–Crippen MR) is 74.4 cm³/mol. The predicted octanol–water partition coefficient (Wildman–Crippen LogP) is 1.94. The lowest BCUT2D eigenvalue weighted by Crippen LogP contribution is -2.02. The first kappa shape index (κ1) is 13.7. The molecule has 0 spiro atoms. The van der Waals surface area contributed by atoms with Crippen molar-refractivity contribution in [1.82, 2.24) is 9.78 Å². The van der Waals surface area contributed by atoms with Gasteiger partial charge in [0, 0.05) is 6.54 Å². The van der Waals surface area contributed by atoms with E-state index in [2.05, 4.69) is 5.10 Å². The van der Waals surface area contributed by atoms with Crippen molar-refractivity contribution in [3.63, 3.8) is 0 Å². The number of aryl methyl sites for hydroxylation is 1. The zero-order valence-electron chi connectivity index (χ0n) is 11.5. The molecule has 0 saturated heterocycles. The lowest BCUT2D eigenvalue weighted by molar-refractivity contribution is 0.289.